The number of hydrogen-bond donors (Lipinski definition) is 1. The van der Waals surface area contributed by atoms with Gasteiger partial charge >= 0.3 is 0 Å². The molecule has 0 aromatic heterocycles. The first-order chi connectivity index (χ1) is 6.25. The Morgan fingerprint density at radius 2 is 2.08 bits per heavy atom. The van der Waals surface area contributed by atoms with E-state index in [1.807, 2.05) is 18.2 Å². The number of carbonyl (C=O) groups is 1. The van der Waals surface area contributed by atoms with E-state index < -0.39 is 0 Å². The van der Waals surface area contributed by atoms with Crippen LogP contribution in [0.2, 0.25) is 0 Å². The molecule has 70 valence electrons. The van der Waals surface area contributed by atoms with Gasteiger partial charge in [0.25, 0.3) is 0 Å². The summed E-state index contributed by atoms with van der Waals surface area (Å²) < 4.78 is 0. The molecule has 0 fully saturated rings. The second-order valence-electron chi connectivity index (χ2n) is 3.29. The van der Waals surface area contributed by atoms with Gasteiger partial charge in [-0.15, -0.1) is 0 Å². The van der Waals surface area contributed by atoms with Crippen molar-refractivity contribution in [2.45, 2.75) is 19.8 Å². The number of aldehydes is 1. The quantitative estimate of drug-likeness (QED) is 0.715. The first-order valence-electron chi connectivity index (χ1n) is 4.52. The van der Waals surface area contributed by atoms with Crippen LogP contribution in [0.25, 0.3) is 0 Å². The van der Waals surface area contributed by atoms with Crippen LogP contribution in [-0.2, 0) is 4.79 Å². The molecule has 2 heteroatoms. The molecule has 13 heavy (non-hydrogen) atoms. The third-order valence-electron chi connectivity index (χ3n) is 1.96. The van der Waals surface area contributed by atoms with E-state index in [1.165, 1.54) is 5.56 Å². The molecule has 1 aromatic rings. The van der Waals surface area contributed by atoms with Gasteiger partial charge in [-0.1, -0.05) is 32.0 Å². The third-order valence-corrected chi connectivity index (χ3v) is 1.96. The van der Waals surface area contributed by atoms with Gasteiger partial charge in [0, 0.05) is 5.69 Å². The molecular formula is C11H15NO. The number of benzene rings is 1. The summed E-state index contributed by atoms with van der Waals surface area (Å²) >= 11 is 0. The van der Waals surface area contributed by atoms with E-state index in [2.05, 4.69) is 25.2 Å². The van der Waals surface area contributed by atoms with E-state index >= 15 is 0 Å². The lowest BCUT2D eigenvalue weighted by Crippen LogP contribution is -2.05. The zero-order valence-corrected chi connectivity index (χ0v) is 8.08. The normalized spacial score (nSPS) is 10.1. The average Bonchev–Trinajstić information content (AvgIpc) is 2.15. The Morgan fingerprint density at radius 3 is 2.69 bits per heavy atom. The maximum atomic E-state index is 10.2. The van der Waals surface area contributed by atoms with Crippen LogP contribution in [0.5, 0.6) is 0 Å². The first-order valence-corrected chi connectivity index (χ1v) is 4.52. The predicted octanol–water partition coefficient (Wildman–Crippen LogP) is 2.42. The Bertz CT molecular complexity index is 281. The number of rotatable bonds is 4. The van der Waals surface area contributed by atoms with Crippen LogP contribution in [0, 0.1) is 0 Å². The lowest BCUT2D eigenvalue weighted by Gasteiger charge is -2.12. The number of carbonyl (C=O) groups excluding carboxylic acids is 1. The van der Waals surface area contributed by atoms with Crippen molar-refractivity contribution in [3.63, 3.8) is 0 Å². The van der Waals surface area contributed by atoms with Gasteiger partial charge in [0.1, 0.15) is 6.29 Å². The highest BCUT2D eigenvalue weighted by molar-refractivity contribution is 5.61. The van der Waals surface area contributed by atoms with Crippen molar-refractivity contribution in [1.29, 1.82) is 0 Å². The molecule has 0 aliphatic heterocycles. The smallest absolute Gasteiger partial charge is 0.139 e. The number of nitrogens with one attached hydrogen (secondary N) is 1. The molecule has 0 aliphatic carbocycles. The highest BCUT2D eigenvalue weighted by Gasteiger charge is 2.03. The largest absolute Gasteiger partial charge is 0.378 e. The zero-order valence-electron chi connectivity index (χ0n) is 8.08. The molecule has 1 rings (SSSR count). The van der Waals surface area contributed by atoms with E-state index in [1.54, 1.807) is 0 Å². The maximum Gasteiger partial charge on any atom is 0.139 e. The topological polar surface area (TPSA) is 29.1 Å². The molecule has 0 heterocycles. The SMILES string of the molecule is CC(C)c1ccccc1NCC=O. The summed E-state index contributed by atoms with van der Waals surface area (Å²) in [6.07, 6.45) is 0.872. The van der Waals surface area contributed by atoms with Crippen LogP contribution in [0.4, 0.5) is 5.69 Å². The summed E-state index contributed by atoms with van der Waals surface area (Å²) in [5.41, 5.74) is 2.31. The molecule has 2 nitrogen and oxygen atoms in total. The molecule has 0 atom stereocenters. The van der Waals surface area contributed by atoms with Crippen LogP contribution in [0.1, 0.15) is 25.3 Å². The number of para-hydroxylation sites is 1. The fourth-order valence-electron chi connectivity index (χ4n) is 1.31. The number of anilines is 1. The first kappa shape index (κ1) is 9.78. The van der Waals surface area contributed by atoms with Crippen LogP contribution >= 0.6 is 0 Å². The standard InChI is InChI=1S/C11H15NO/c1-9(2)10-5-3-4-6-11(10)12-7-8-13/h3-6,8-9,12H,7H2,1-2H3. The Hall–Kier alpha value is -1.31. The molecule has 0 aliphatic rings. The molecule has 0 bridgehead atoms. The fraction of sp³-hybridized carbons (Fsp3) is 0.364. The second-order valence-corrected chi connectivity index (χ2v) is 3.29. The lowest BCUT2D eigenvalue weighted by molar-refractivity contribution is -0.106. The zero-order chi connectivity index (χ0) is 9.68. The van der Waals surface area contributed by atoms with E-state index in [0.29, 0.717) is 12.5 Å². The summed E-state index contributed by atoms with van der Waals surface area (Å²) in [6.45, 7) is 4.66. The van der Waals surface area contributed by atoms with E-state index in [-0.39, 0.29) is 0 Å². The monoisotopic (exact) mass is 177 g/mol. The van der Waals surface area contributed by atoms with Gasteiger partial charge in [0.15, 0.2) is 0 Å². The Labute approximate surface area is 79.0 Å². The summed E-state index contributed by atoms with van der Waals surface area (Å²) in [4.78, 5) is 10.2. The van der Waals surface area contributed by atoms with Crippen LogP contribution in [-0.4, -0.2) is 12.8 Å². The van der Waals surface area contributed by atoms with Crippen LogP contribution in [0.3, 0.4) is 0 Å². The molecule has 0 spiro atoms. The number of hydrogen-bond acceptors (Lipinski definition) is 2. The highest BCUT2D eigenvalue weighted by Crippen LogP contribution is 2.22. The van der Waals surface area contributed by atoms with Crippen molar-refractivity contribution in [2.75, 3.05) is 11.9 Å². The van der Waals surface area contributed by atoms with Crippen molar-refractivity contribution in [3.05, 3.63) is 29.8 Å². The summed E-state index contributed by atoms with van der Waals surface area (Å²) in [5.74, 6) is 0.482. The van der Waals surface area contributed by atoms with Gasteiger partial charge in [-0.3, -0.25) is 0 Å². The lowest BCUT2D eigenvalue weighted by atomic mass is 10.0. The van der Waals surface area contributed by atoms with Crippen molar-refractivity contribution in [2.24, 2.45) is 0 Å². The van der Waals surface area contributed by atoms with Crippen LogP contribution < -0.4 is 5.32 Å². The fourth-order valence-corrected chi connectivity index (χ4v) is 1.31. The second kappa shape index (κ2) is 4.65. The average molecular weight is 177 g/mol. The van der Waals surface area contributed by atoms with Crippen molar-refractivity contribution >= 4 is 12.0 Å². The van der Waals surface area contributed by atoms with E-state index in [4.69, 9.17) is 0 Å². The van der Waals surface area contributed by atoms with Gasteiger partial charge < -0.3 is 10.1 Å². The van der Waals surface area contributed by atoms with Gasteiger partial charge in [0.05, 0.1) is 6.54 Å². The highest BCUT2D eigenvalue weighted by atomic mass is 16.1. The molecule has 0 amide bonds. The summed E-state index contributed by atoms with van der Waals surface area (Å²) in [6, 6.07) is 8.07. The minimum Gasteiger partial charge on any atom is -0.378 e. The Balaban J connectivity index is 2.84. The van der Waals surface area contributed by atoms with Crippen molar-refractivity contribution in [3.8, 4) is 0 Å². The maximum absolute atomic E-state index is 10.2. The van der Waals surface area contributed by atoms with E-state index in [0.717, 1.165) is 12.0 Å². The minimum absolute atomic E-state index is 0.379. The van der Waals surface area contributed by atoms with Gasteiger partial charge in [-0.25, -0.2) is 0 Å². The predicted molar refractivity (Wildman–Crippen MR) is 55.1 cm³/mol. The summed E-state index contributed by atoms with van der Waals surface area (Å²) in [7, 11) is 0. The Kier molecular flexibility index (Phi) is 3.50. The van der Waals surface area contributed by atoms with Gasteiger partial charge in [-0.05, 0) is 17.5 Å². The Morgan fingerprint density at radius 1 is 1.38 bits per heavy atom. The minimum atomic E-state index is 0.379. The van der Waals surface area contributed by atoms with Crippen LogP contribution in [0.15, 0.2) is 24.3 Å². The molecule has 0 saturated heterocycles. The van der Waals surface area contributed by atoms with Gasteiger partial charge in [-0.2, -0.15) is 0 Å². The summed E-state index contributed by atoms with van der Waals surface area (Å²) in [5, 5.41) is 3.08. The molecule has 1 N–H and O–H groups in total. The van der Waals surface area contributed by atoms with Crippen molar-refractivity contribution in [1.82, 2.24) is 0 Å². The third kappa shape index (κ3) is 2.58. The van der Waals surface area contributed by atoms with Gasteiger partial charge in [0.2, 0.25) is 0 Å². The molecule has 1 aromatic carbocycles. The molecular weight excluding hydrogens is 162 g/mol. The molecule has 0 radical (unpaired) electrons. The van der Waals surface area contributed by atoms with E-state index in [9.17, 15) is 4.79 Å². The molecule has 0 saturated carbocycles. The van der Waals surface area contributed by atoms with Crippen molar-refractivity contribution < 1.29 is 4.79 Å². The molecule has 0 unspecified atom stereocenters.